The van der Waals surface area contributed by atoms with Crippen LogP contribution in [0.5, 0.6) is 0 Å². The van der Waals surface area contributed by atoms with E-state index in [9.17, 15) is 0 Å². The van der Waals surface area contributed by atoms with Crippen LogP contribution in [0.25, 0.3) is 0 Å². The molecule has 0 bridgehead atoms. The molecule has 0 aromatic heterocycles. The van der Waals surface area contributed by atoms with E-state index in [2.05, 4.69) is 40.3 Å². The fourth-order valence-corrected chi connectivity index (χ4v) is 1.18. The van der Waals surface area contributed by atoms with Crippen LogP contribution < -0.4 is 0 Å². The summed E-state index contributed by atoms with van der Waals surface area (Å²) in [6, 6.07) is 0. The number of hydrogen-bond acceptors (Lipinski definition) is 0. The molecule has 0 aromatic carbocycles. The Kier molecular flexibility index (Phi) is 4.42. The van der Waals surface area contributed by atoms with Crippen LogP contribution in [-0.4, -0.2) is 0 Å². The van der Waals surface area contributed by atoms with Crippen LogP contribution in [0.1, 0.15) is 34.1 Å². The van der Waals surface area contributed by atoms with Crippen molar-refractivity contribution in [1.82, 2.24) is 0 Å². The molecule has 0 amide bonds. The molecule has 0 nitrogen and oxygen atoms in total. The van der Waals surface area contributed by atoms with Crippen LogP contribution in [0.2, 0.25) is 0 Å². The smallest absolute Gasteiger partial charge is 0.0211 e. The van der Waals surface area contributed by atoms with Gasteiger partial charge in [-0.3, -0.25) is 0 Å². The Morgan fingerprint density at radius 1 is 1.20 bits per heavy atom. The third kappa shape index (κ3) is 3.71. The molecule has 0 fully saturated rings. The van der Waals surface area contributed by atoms with Crippen LogP contribution in [0.3, 0.4) is 0 Å². The summed E-state index contributed by atoms with van der Waals surface area (Å²) in [5.41, 5.74) is 0. The van der Waals surface area contributed by atoms with Gasteiger partial charge in [-0.1, -0.05) is 33.8 Å². The summed E-state index contributed by atoms with van der Waals surface area (Å²) < 4.78 is 0. The lowest BCUT2D eigenvalue weighted by Gasteiger charge is -2.18. The average Bonchev–Trinajstić information content (AvgIpc) is 1.81. The molecule has 0 N–H and O–H groups in total. The lowest BCUT2D eigenvalue weighted by atomic mass is 9.88. The molecule has 1 unspecified atom stereocenters. The lowest BCUT2D eigenvalue weighted by molar-refractivity contribution is 0.381. The first kappa shape index (κ1) is 9.74. The molecule has 10 heavy (non-hydrogen) atoms. The first-order chi connectivity index (χ1) is 4.57. The second-order valence-corrected chi connectivity index (χ2v) is 3.77. The van der Waals surface area contributed by atoms with Crippen molar-refractivity contribution < 1.29 is 0 Å². The molecule has 0 aliphatic rings. The van der Waals surface area contributed by atoms with Crippen LogP contribution in [0, 0.1) is 17.8 Å². The summed E-state index contributed by atoms with van der Waals surface area (Å²) in [5, 5.41) is 0. The Bertz CT molecular complexity index is 90.2. The number of rotatable bonds is 4. The summed E-state index contributed by atoms with van der Waals surface area (Å²) >= 11 is 0. The third-order valence-corrected chi connectivity index (χ3v) is 1.90. The zero-order valence-electron chi connectivity index (χ0n) is 7.72. The molecule has 0 aliphatic carbocycles. The van der Waals surface area contributed by atoms with Crippen molar-refractivity contribution in [2.75, 3.05) is 0 Å². The van der Waals surface area contributed by atoms with Gasteiger partial charge in [-0.05, 0) is 24.2 Å². The van der Waals surface area contributed by atoms with E-state index in [-0.39, 0.29) is 0 Å². The summed E-state index contributed by atoms with van der Waals surface area (Å²) in [4.78, 5) is 0. The van der Waals surface area contributed by atoms with E-state index >= 15 is 0 Å². The first-order valence-electron chi connectivity index (χ1n) is 4.20. The molecule has 0 heterocycles. The zero-order valence-corrected chi connectivity index (χ0v) is 7.72. The molecule has 0 radical (unpaired) electrons. The fraction of sp³-hybridized carbons (Fsp3) is 0.800. The quantitative estimate of drug-likeness (QED) is 0.524. The van der Waals surface area contributed by atoms with E-state index in [1.165, 1.54) is 6.42 Å². The van der Waals surface area contributed by atoms with Gasteiger partial charge in [-0.15, -0.1) is 6.58 Å². The molecule has 0 saturated carbocycles. The summed E-state index contributed by atoms with van der Waals surface area (Å²) in [7, 11) is 0. The van der Waals surface area contributed by atoms with Crippen molar-refractivity contribution in [2.45, 2.75) is 34.1 Å². The topological polar surface area (TPSA) is 0 Å². The van der Waals surface area contributed by atoms with Gasteiger partial charge in [0.15, 0.2) is 0 Å². The highest BCUT2D eigenvalue weighted by Gasteiger charge is 2.09. The number of allylic oxidation sites excluding steroid dienone is 1. The maximum Gasteiger partial charge on any atom is -0.0211 e. The van der Waals surface area contributed by atoms with E-state index in [0.29, 0.717) is 5.92 Å². The standard InChI is InChI=1S/C10H20/c1-6-10(9(4)5)7-8(2)3/h6,8-10H,1,7H2,2-5H3. The molecular weight excluding hydrogens is 120 g/mol. The minimum atomic E-state index is 0.708. The average molecular weight is 140 g/mol. The Labute approximate surface area is 65.3 Å². The van der Waals surface area contributed by atoms with E-state index < -0.39 is 0 Å². The van der Waals surface area contributed by atoms with Crippen molar-refractivity contribution >= 4 is 0 Å². The predicted molar refractivity (Wildman–Crippen MR) is 48.0 cm³/mol. The van der Waals surface area contributed by atoms with Crippen LogP contribution in [0.15, 0.2) is 12.7 Å². The van der Waals surface area contributed by atoms with Gasteiger partial charge in [-0.2, -0.15) is 0 Å². The first-order valence-corrected chi connectivity index (χ1v) is 4.20. The highest BCUT2D eigenvalue weighted by atomic mass is 14.1. The highest BCUT2D eigenvalue weighted by Crippen LogP contribution is 2.20. The van der Waals surface area contributed by atoms with Crippen LogP contribution in [0.4, 0.5) is 0 Å². The zero-order chi connectivity index (χ0) is 8.15. The van der Waals surface area contributed by atoms with E-state index in [1.807, 2.05) is 0 Å². The van der Waals surface area contributed by atoms with Gasteiger partial charge in [0, 0.05) is 0 Å². The van der Waals surface area contributed by atoms with Gasteiger partial charge in [0.25, 0.3) is 0 Å². The van der Waals surface area contributed by atoms with Crippen molar-refractivity contribution in [2.24, 2.45) is 17.8 Å². The molecule has 0 heteroatoms. The van der Waals surface area contributed by atoms with Gasteiger partial charge in [0.2, 0.25) is 0 Å². The second-order valence-electron chi connectivity index (χ2n) is 3.77. The second kappa shape index (κ2) is 4.54. The molecule has 0 aliphatic heterocycles. The molecule has 0 saturated heterocycles. The minimum absolute atomic E-state index is 0.708. The van der Waals surface area contributed by atoms with E-state index in [1.54, 1.807) is 0 Å². The van der Waals surface area contributed by atoms with E-state index in [0.717, 1.165) is 11.8 Å². The third-order valence-electron chi connectivity index (χ3n) is 1.90. The normalized spacial score (nSPS) is 14.2. The molecule has 0 rings (SSSR count). The van der Waals surface area contributed by atoms with Crippen molar-refractivity contribution in [3.8, 4) is 0 Å². The van der Waals surface area contributed by atoms with Crippen molar-refractivity contribution in [3.05, 3.63) is 12.7 Å². The maximum absolute atomic E-state index is 3.84. The molecular formula is C10H20. The predicted octanol–water partition coefficient (Wildman–Crippen LogP) is 3.49. The minimum Gasteiger partial charge on any atom is -0.103 e. The van der Waals surface area contributed by atoms with Gasteiger partial charge < -0.3 is 0 Å². The van der Waals surface area contributed by atoms with Gasteiger partial charge in [-0.25, -0.2) is 0 Å². The maximum atomic E-state index is 3.84. The summed E-state index contributed by atoms with van der Waals surface area (Å²) in [6.45, 7) is 12.9. The Morgan fingerprint density at radius 3 is 1.80 bits per heavy atom. The Hall–Kier alpha value is -0.260. The van der Waals surface area contributed by atoms with Gasteiger partial charge in [0.05, 0.1) is 0 Å². The highest BCUT2D eigenvalue weighted by molar-refractivity contribution is 4.81. The van der Waals surface area contributed by atoms with Gasteiger partial charge >= 0.3 is 0 Å². The van der Waals surface area contributed by atoms with Gasteiger partial charge in [0.1, 0.15) is 0 Å². The van der Waals surface area contributed by atoms with Crippen LogP contribution >= 0.6 is 0 Å². The fourth-order valence-electron chi connectivity index (χ4n) is 1.18. The lowest BCUT2D eigenvalue weighted by Crippen LogP contribution is -2.08. The Balaban J connectivity index is 3.71. The number of hydrogen-bond donors (Lipinski definition) is 0. The SMILES string of the molecule is C=CC(CC(C)C)C(C)C. The van der Waals surface area contributed by atoms with Crippen molar-refractivity contribution in [1.29, 1.82) is 0 Å². The molecule has 0 aromatic rings. The van der Waals surface area contributed by atoms with Crippen LogP contribution in [-0.2, 0) is 0 Å². The van der Waals surface area contributed by atoms with Crippen molar-refractivity contribution in [3.63, 3.8) is 0 Å². The molecule has 60 valence electrons. The van der Waals surface area contributed by atoms with E-state index in [4.69, 9.17) is 0 Å². The Morgan fingerprint density at radius 2 is 1.70 bits per heavy atom. The summed E-state index contributed by atoms with van der Waals surface area (Å²) in [5.74, 6) is 2.25. The summed E-state index contributed by atoms with van der Waals surface area (Å²) in [6.07, 6.45) is 3.37. The molecule has 0 spiro atoms. The monoisotopic (exact) mass is 140 g/mol. The largest absolute Gasteiger partial charge is 0.103 e. The molecule has 1 atom stereocenters.